The molecule has 1 amide bonds. The third-order valence-electron chi connectivity index (χ3n) is 5.18. The first-order valence-corrected chi connectivity index (χ1v) is 10.6. The zero-order chi connectivity index (χ0) is 18.7. The molecule has 0 aromatic heterocycles. The number of hydrogen-bond acceptors (Lipinski definition) is 3. The molecule has 0 radical (unpaired) electrons. The Bertz CT molecular complexity index is 887. The van der Waals surface area contributed by atoms with Gasteiger partial charge in [-0.15, -0.1) is 0 Å². The SMILES string of the molecule is CCC(C)NC(=O)C1CCN(S(=O)(=O)c2ccc3ccccc3c2)CC1. The number of benzene rings is 2. The predicted octanol–water partition coefficient (Wildman–Crippen LogP) is 3.16. The predicted molar refractivity (Wildman–Crippen MR) is 103 cm³/mol. The van der Waals surface area contributed by atoms with Gasteiger partial charge in [0.2, 0.25) is 15.9 Å². The second-order valence-electron chi connectivity index (χ2n) is 7.01. The standard InChI is InChI=1S/C20H26N2O3S/c1-3-15(2)21-20(23)17-10-12-22(13-11-17)26(24,25)19-9-8-16-6-4-5-7-18(16)14-19/h4-9,14-15,17H,3,10-13H2,1-2H3,(H,21,23). The number of amides is 1. The van der Waals surface area contributed by atoms with Crippen LogP contribution < -0.4 is 5.32 Å². The minimum Gasteiger partial charge on any atom is -0.353 e. The quantitative estimate of drug-likeness (QED) is 0.874. The van der Waals surface area contributed by atoms with Crippen molar-refractivity contribution < 1.29 is 13.2 Å². The molecular formula is C20H26N2O3S. The van der Waals surface area contributed by atoms with Crippen LogP contribution in [0.1, 0.15) is 33.1 Å². The van der Waals surface area contributed by atoms with Crippen LogP contribution in [0.3, 0.4) is 0 Å². The first-order valence-electron chi connectivity index (χ1n) is 9.21. The molecule has 1 unspecified atom stereocenters. The molecular weight excluding hydrogens is 348 g/mol. The van der Waals surface area contributed by atoms with Gasteiger partial charge >= 0.3 is 0 Å². The summed E-state index contributed by atoms with van der Waals surface area (Å²) in [6.45, 7) is 4.78. The third-order valence-corrected chi connectivity index (χ3v) is 7.08. The Morgan fingerprint density at radius 1 is 1.15 bits per heavy atom. The number of nitrogens with one attached hydrogen (secondary N) is 1. The molecule has 140 valence electrons. The lowest BCUT2D eigenvalue weighted by Gasteiger charge is -2.31. The second kappa shape index (κ2) is 7.76. The number of carbonyl (C=O) groups is 1. The Hall–Kier alpha value is -1.92. The van der Waals surface area contributed by atoms with Crippen molar-refractivity contribution in [3.05, 3.63) is 42.5 Å². The minimum absolute atomic E-state index is 0.0436. The van der Waals surface area contributed by atoms with E-state index in [1.54, 1.807) is 12.1 Å². The maximum Gasteiger partial charge on any atom is 0.243 e. The van der Waals surface area contributed by atoms with Crippen LogP contribution in [0.25, 0.3) is 10.8 Å². The average Bonchev–Trinajstić information content (AvgIpc) is 2.67. The molecule has 2 aromatic carbocycles. The van der Waals surface area contributed by atoms with Crippen molar-refractivity contribution in [1.29, 1.82) is 0 Å². The van der Waals surface area contributed by atoms with Crippen molar-refractivity contribution in [3.63, 3.8) is 0 Å². The highest BCUT2D eigenvalue weighted by Gasteiger charge is 2.32. The Morgan fingerprint density at radius 2 is 1.81 bits per heavy atom. The third kappa shape index (κ3) is 3.91. The van der Waals surface area contributed by atoms with Gasteiger partial charge in [0.25, 0.3) is 0 Å². The van der Waals surface area contributed by atoms with Gasteiger partial charge in [-0.1, -0.05) is 37.3 Å². The van der Waals surface area contributed by atoms with Crippen molar-refractivity contribution in [2.24, 2.45) is 5.92 Å². The number of carbonyl (C=O) groups excluding carboxylic acids is 1. The molecule has 1 heterocycles. The number of rotatable bonds is 5. The summed E-state index contributed by atoms with van der Waals surface area (Å²) in [5.74, 6) is -0.0610. The van der Waals surface area contributed by atoms with Gasteiger partial charge in [-0.3, -0.25) is 4.79 Å². The summed E-state index contributed by atoms with van der Waals surface area (Å²) in [6, 6.07) is 13.1. The highest BCUT2D eigenvalue weighted by Crippen LogP contribution is 2.26. The molecule has 2 aromatic rings. The fourth-order valence-corrected chi connectivity index (χ4v) is 4.80. The second-order valence-corrected chi connectivity index (χ2v) is 8.94. The van der Waals surface area contributed by atoms with Crippen LogP contribution in [0.15, 0.2) is 47.4 Å². The molecule has 1 atom stereocenters. The van der Waals surface area contributed by atoms with Crippen molar-refractivity contribution in [2.45, 2.75) is 44.0 Å². The van der Waals surface area contributed by atoms with Crippen LogP contribution in [-0.2, 0) is 14.8 Å². The highest BCUT2D eigenvalue weighted by atomic mass is 32.2. The first-order chi connectivity index (χ1) is 12.4. The van der Waals surface area contributed by atoms with Gasteiger partial charge in [0.15, 0.2) is 0 Å². The monoisotopic (exact) mass is 374 g/mol. The molecule has 1 N–H and O–H groups in total. The molecule has 0 spiro atoms. The summed E-state index contributed by atoms with van der Waals surface area (Å²) in [5, 5.41) is 4.93. The van der Waals surface area contributed by atoms with Crippen molar-refractivity contribution in [2.75, 3.05) is 13.1 Å². The van der Waals surface area contributed by atoms with Crippen molar-refractivity contribution in [3.8, 4) is 0 Å². The van der Waals surface area contributed by atoms with E-state index in [4.69, 9.17) is 0 Å². The van der Waals surface area contributed by atoms with E-state index in [0.29, 0.717) is 30.8 Å². The van der Waals surface area contributed by atoms with Crippen LogP contribution in [0, 0.1) is 5.92 Å². The smallest absolute Gasteiger partial charge is 0.243 e. The fourth-order valence-electron chi connectivity index (χ4n) is 3.30. The van der Waals surface area contributed by atoms with E-state index in [9.17, 15) is 13.2 Å². The number of fused-ring (bicyclic) bond motifs is 1. The van der Waals surface area contributed by atoms with E-state index in [0.717, 1.165) is 17.2 Å². The minimum atomic E-state index is -3.53. The van der Waals surface area contributed by atoms with Gasteiger partial charge < -0.3 is 5.32 Å². The maximum atomic E-state index is 13.0. The highest BCUT2D eigenvalue weighted by molar-refractivity contribution is 7.89. The number of nitrogens with zero attached hydrogens (tertiary/aromatic N) is 1. The van der Waals surface area contributed by atoms with Crippen LogP contribution in [-0.4, -0.2) is 37.8 Å². The van der Waals surface area contributed by atoms with Gasteiger partial charge in [0.05, 0.1) is 4.90 Å². The average molecular weight is 375 g/mol. The van der Waals surface area contributed by atoms with Crippen molar-refractivity contribution in [1.82, 2.24) is 9.62 Å². The summed E-state index contributed by atoms with van der Waals surface area (Å²) >= 11 is 0. The van der Waals surface area contributed by atoms with Crippen molar-refractivity contribution >= 4 is 26.7 Å². The van der Waals surface area contributed by atoms with Crippen LogP contribution in [0.4, 0.5) is 0 Å². The van der Waals surface area contributed by atoms with E-state index >= 15 is 0 Å². The van der Waals surface area contributed by atoms with Gasteiger partial charge in [-0.25, -0.2) is 8.42 Å². The molecule has 1 fully saturated rings. The lowest BCUT2D eigenvalue weighted by atomic mass is 9.97. The summed E-state index contributed by atoms with van der Waals surface area (Å²) in [5.41, 5.74) is 0. The zero-order valence-corrected chi connectivity index (χ0v) is 16.1. The Kier molecular flexibility index (Phi) is 5.63. The topological polar surface area (TPSA) is 66.5 Å². The molecule has 1 aliphatic rings. The Balaban J connectivity index is 1.70. The Morgan fingerprint density at radius 3 is 2.46 bits per heavy atom. The summed E-state index contributed by atoms with van der Waals surface area (Å²) in [7, 11) is -3.53. The molecule has 1 saturated heterocycles. The van der Waals surface area contributed by atoms with Crippen LogP contribution in [0.2, 0.25) is 0 Å². The normalized spacial score (nSPS) is 17.9. The Labute approximate surface area is 155 Å². The summed E-state index contributed by atoms with van der Waals surface area (Å²) in [4.78, 5) is 12.6. The molecule has 0 aliphatic carbocycles. The lowest BCUT2D eigenvalue weighted by Crippen LogP contribution is -2.44. The zero-order valence-electron chi connectivity index (χ0n) is 15.3. The van der Waals surface area contributed by atoms with E-state index in [1.807, 2.05) is 44.2 Å². The van der Waals surface area contributed by atoms with E-state index in [-0.39, 0.29) is 17.9 Å². The molecule has 6 heteroatoms. The molecule has 0 bridgehead atoms. The summed E-state index contributed by atoms with van der Waals surface area (Å²) < 4.78 is 27.4. The number of piperidine rings is 1. The van der Waals surface area contributed by atoms with E-state index in [2.05, 4.69) is 5.32 Å². The molecule has 26 heavy (non-hydrogen) atoms. The van der Waals surface area contributed by atoms with Crippen LogP contribution >= 0.6 is 0 Å². The number of hydrogen-bond donors (Lipinski definition) is 1. The van der Waals surface area contributed by atoms with Gasteiger partial charge in [-0.2, -0.15) is 4.31 Å². The molecule has 3 rings (SSSR count). The fraction of sp³-hybridized carbons (Fsp3) is 0.450. The van der Waals surface area contributed by atoms with Gasteiger partial charge in [-0.05, 0) is 49.1 Å². The van der Waals surface area contributed by atoms with E-state index < -0.39 is 10.0 Å². The van der Waals surface area contributed by atoms with E-state index in [1.165, 1.54) is 4.31 Å². The number of sulfonamides is 1. The lowest BCUT2D eigenvalue weighted by molar-refractivity contribution is -0.126. The molecule has 5 nitrogen and oxygen atoms in total. The largest absolute Gasteiger partial charge is 0.353 e. The summed E-state index contributed by atoms with van der Waals surface area (Å²) in [6.07, 6.45) is 2.02. The van der Waals surface area contributed by atoms with Gasteiger partial charge in [0.1, 0.15) is 0 Å². The maximum absolute atomic E-state index is 13.0. The van der Waals surface area contributed by atoms with Gasteiger partial charge in [0, 0.05) is 25.0 Å². The molecule has 0 saturated carbocycles. The first kappa shape index (κ1) is 18.9. The molecule has 1 aliphatic heterocycles. The van der Waals surface area contributed by atoms with Crippen LogP contribution in [0.5, 0.6) is 0 Å².